The summed E-state index contributed by atoms with van der Waals surface area (Å²) in [6.45, 7) is 2.45. The first-order valence-electron chi connectivity index (χ1n) is 14.6. The Morgan fingerprint density at radius 1 is 1.07 bits per heavy atom. The van der Waals surface area contributed by atoms with Crippen molar-refractivity contribution in [3.05, 3.63) is 106 Å². The summed E-state index contributed by atoms with van der Waals surface area (Å²) in [6, 6.07) is 11.1. The van der Waals surface area contributed by atoms with E-state index in [4.69, 9.17) is 14.1 Å². The summed E-state index contributed by atoms with van der Waals surface area (Å²) in [5.74, 6) is -1.39. The summed E-state index contributed by atoms with van der Waals surface area (Å²) in [4.78, 5) is 50.8. The lowest BCUT2D eigenvalue weighted by Gasteiger charge is -2.17. The molecule has 0 aliphatic carbocycles. The summed E-state index contributed by atoms with van der Waals surface area (Å²) in [5.41, 5.74) is 1.97. The normalized spacial score (nSPS) is 15.6. The molecule has 1 atom stereocenters. The molecule has 9 nitrogen and oxygen atoms in total. The number of pyridine rings is 2. The number of furan rings is 1. The second kappa shape index (κ2) is 12.2. The number of esters is 1. The van der Waals surface area contributed by atoms with Crippen molar-refractivity contribution in [3.8, 4) is 11.3 Å². The number of carbonyl (C=O) groups is 3. The number of rotatable bonds is 9. The molecule has 0 radical (unpaired) electrons. The van der Waals surface area contributed by atoms with Gasteiger partial charge in [-0.1, -0.05) is 18.2 Å². The van der Waals surface area contributed by atoms with E-state index in [2.05, 4.69) is 10.3 Å². The van der Waals surface area contributed by atoms with E-state index in [0.717, 1.165) is 24.1 Å². The van der Waals surface area contributed by atoms with Crippen molar-refractivity contribution in [3.63, 3.8) is 0 Å². The van der Waals surface area contributed by atoms with Crippen LogP contribution in [0.2, 0.25) is 0 Å². The van der Waals surface area contributed by atoms with Crippen molar-refractivity contribution < 1.29 is 36.7 Å². The number of fused-ring (bicyclic) bond motifs is 3. The zero-order valence-electron chi connectivity index (χ0n) is 24.3. The van der Waals surface area contributed by atoms with E-state index >= 15 is 0 Å². The minimum absolute atomic E-state index is 0.0217. The van der Waals surface area contributed by atoms with Gasteiger partial charge in [0.15, 0.2) is 5.76 Å². The first kappa shape index (κ1) is 30.0. The van der Waals surface area contributed by atoms with Gasteiger partial charge in [0, 0.05) is 31.0 Å². The van der Waals surface area contributed by atoms with E-state index in [1.54, 1.807) is 30.3 Å². The molecule has 2 amide bonds. The maximum absolute atomic E-state index is 13.7. The van der Waals surface area contributed by atoms with Gasteiger partial charge in [0.05, 0.1) is 40.7 Å². The Morgan fingerprint density at radius 2 is 1.87 bits per heavy atom. The molecule has 3 aromatic heterocycles. The lowest BCUT2D eigenvalue weighted by atomic mass is 9.92. The number of ether oxygens (including phenoxy) is 1. The average molecular weight is 619 g/mol. The maximum Gasteiger partial charge on any atom is 0.416 e. The molecule has 0 unspecified atom stereocenters. The molecule has 1 N–H and O–H groups in total. The van der Waals surface area contributed by atoms with Gasteiger partial charge in [-0.3, -0.25) is 19.6 Å². The molecule has 1 fully saturated rings. The fourth-order valence-corrected chi connectivity index (χ4v) is 5.89. The maximum atomic E-state index is 13.7. The Kier molecular flexibility index (Phi) is 8.13. The largest absolute Gasteiger partial charge is 0.462 e. The van der Waals surface area contributed by atoms with Gasteiger partial charge in [-0.05, 0) is 74.1 Å². The Morgan fingerprint density at radius 3 is 2.58 bits per heavy atom. The number of aryl methyl sites for hydroxylation is 2. The van der Waals surface area contributed by atoms with E-state index < -0.39 is 23.6 Å². The van der Waals surface area contributed by atoms with E-state index in [0.29, 0.717) is 29.9 Å². The van der Waals surface area contributed by atoms with Crippen molar-refractivity contribution in [1.29, 1.82) is 0 Å². The minimum Gasteiger partial charge on any atom is -0.462 e. The highest BCUT2D eigenvalue weighted by Crippen LogP contribution is 2.46. The van der Waals surface area contributed by atoms with Crippen molar-refractivity contribution in [1.82, 2.24) is 20.2 Å². The number of hydrogen-bond acceptors (Lipinski definition) is 7. The van der Waals surface area contributed by atoms with Crippen LogP contribution in [-0.2, 0) is 30.3 Å². The summed E-state index contributed by atoms with van der Waals surface area (Å²) in [5, 5.41) is 2.77. The Labute approximate surface area is 256 Å². The topological polar surface area (TPSA) is 115 Å². The van der Waals surface area contributed by atoms with Gasteiger partial charge in [-0.25, -0.2) is 4.79 Å². The summed E-state index contributed by atoms with van der Waals surface area (Å²) < 4.78 is 50.7. The molecule has 1 aromatic carbocycles. The van der Waals surface area contributed by atoms with Gasteiger partial charge in [0.1, 0.15) is 5.76 Å². The van der Waals surface area contributed by atoms with Gasteiger partial charge in [0.25, 0.3) is 11.8 Å². The number of halogens is 3. The number of alkyl halides is 3. The lowest BCUT2D eigenvalue weighted by Crippen LogP contribution is -2.23. The van der Waals surface area contributed by atoms with Crippen LogP contribution in [0.1, 0.15) is 85.2 Å². The third kappa shape index (κ3) is 5.92. The monoisotopic (exact) mass is 618 g/mol. The van der Waals surface area contributed by atoms with Crippen LogP contribution < -0.4 is 5.32 Å². The van der Waals surface area contributed by atoms with Crippen LogP contribution in [0.3, 0.4) is 0 Å². The molecule has 0 bridgehead atoms. The van der Waals surface area contributed by atoms with E-state index in [1.165, 1.54) is 24.3 Å². The molecule has 1 saturated heterocycles. The second-order valence-electron chi connectivity index (χ2n) is 10.8. The van der Waals surface area contributed by atoms with Crippen LogP contribution in [0.25, 0.3) is 11.3 Å². The molecule has 45 heavy (non-hydrogen) atoms. The highest BCUT2D eigenvalue weighted by atomic mass is 19.4. The third-order valence-electron chi connectivity index (χ3n) is 8.01. The molecule has 12 heteroatoms. The number of hydrogen-bond donors (Lipinski definition) is 1. The van der Waals surface area contributed by atoms with Crippen LogP contribution >= 0.6 is 0 Å². The number of benzene rings is 1. The Bertz CT molecular complexity index is 1750. The predicted molar refractivity (Wildman–Crippen MR) is 155 cm³/mol. The number of nitrogens with one attached hydrogen (secondary N) is 1. The van der Waals surface area contributed by atoms with Crippen LogP contribution in [0.4, 0.5) is 13.2 Å². The predicted octanol–water partition coefficient (Wildman–Crippen LogP) is 5.94. The fourth-order valence-electron chi connectivity index (χ4n) is 5.89. The van der Waals surface area contributed by atoms with Crippen molar-refractivity contribution in [2.75, 3.05) is 13.2 Å². The zero-order valence-corrected chi connectivity index (χ0v) is 24.3. The summed E-state index contributed by atoms with van der Waals surface area (Å²) in [7, 11) is 0. The Balaban J connectivity index is 1.40. The van der Waals surface area contributed by atoms with Crippen molar-refractivity contribution in [2.24, 2.45) is 0 Å². The van der Waals surface area contributed by atoms with E-state index in [1.807, 2.05) is 6.07 Å². The van der Waals surface area contributed by atoms with Crippen molar-refractivity contribution >= 4 is 17.8 Å². The zero-order chi connectivity index (χ0) is 31.7. The molecule has 4 aromatic rings. The first-order valence-corrected chi connectivity index (χ1v) is 14.6. The van der Waals surface area contributed by atoms with Crippen LogP contribution in [0.5, 0.6) is 0 Å². The molecule has 232 valence electrons. The van der Waals surface area contributed by atoms with E-state index in [9.17, 15) is 27.6 Å². The van der Waals surface area contributed by atoms with E-state index in [-0.39, 0.29) is 66.2 Å². The Hall–Kier alpha value is -5.00. The van der Waals surface area contributed by atoms with Gasteiger partial charge in [0.2, 0.25) is 0 Å². The van der Waals surface area contributed by atoms with Crippen LogP contribution in [0, 0.1) is 0 Å². The first-order chi connectivity index (χ1) is 21.7. The van der Waals surface area contributed by atoms with Gasteiger partial charge in [-0.15, -0.1) is 0 Å². The SMILES string of the molecule is CCOC(=O)c1c(CCc2ccc(C(F)(F)F)cc2)nc2c(c1-c1ccc(C(=O)NCc3cccnc3)o1)C(=O)N1CCC[C@@H]21. The molecular formula is C33H29F3N4O5. The molecule has 0 saturated carbocycles. The quantitative estimate of drug-likeness (QED) is 0.231. The molecular weight excluding hydrogens is 589 g/mol. The highest BCUT2D eigenvalue weighted by Gasteiger charge is 2.45. The fraction of sp³-hybridized carbons (Fsp3) is 0.303. The molecule has 0 spiro atoms. The number of nitrogens with zero attached hydrogens (tertiary/aromatic N) is 3. The third-order valence-corrected chi connectivity index (χ3v) is 8.01. The summed E-state index contributed by atoms with van der Waals surface area (Å²) in [6.07, 6.45) is 0.755. The molecule has 2 aliphatic rings. The van der Waals surface area contributed by atoms with Gasteiger partial charge < -0.3 is 19.4 Å². The molecule has 6 rings (SSSR count). The average Bonchev–Trinajstić information content (AvgIpc) is 3.77. The second-order valence-corrected chi connectivity index (χ2v) is 10.8. The van der Waals surface area contributed by atoms with Crippen LogP contribution in [0.15, 0.2) is 65.3 Å². The molecule has 5 heterocycles. The minimum atomic E-state index is -4.46. The smallest absolute Gasteiger partial charge is 0.416 e. The van der Waals surface area contributed by atoms with Gasteiger partial charge >= 0.3 is 12.1 Å². The standard InChI is InChI=1S/C33H29F3N4O5/c1-2-44-32(43)26-22(12-9-19-7-10-21(11-8-19)33(34,35)36)39-29-23-6-4-16-40(23)31(42)28(29)27(26)24-13-14-25(45-24)30(41)38-18-20-5-3-15-37-17-20/h3,5,7-8,10-11,13-15,17,23H,2,4,6,9,12,16,18H2,1H3,(H,38,41)/t23-/m0/s1. The van der Waals surface area contributed by atoms with Crippen LogP contribution in [-0.4, -0.2) is 45.8 Å². The highest BCUT2D eigenvalue weighted by molar-refractivity contribution is 6.10. The molecule has 2 aliphatic heterocycles. The van der Waals surface area contributed by atoms with Crippen molar-refractivity contribution in [2.45, 2.75) is 51.4 Å². The number of amides is 2. The number of aromatic nitrogens is 2. The number of carbonyl (C=O) groups excluding carboxylic acids is 3. The van der Waals surface area contributed by atoms with Gasteiger partial charge in [-0.2, -0.15) is 13.2 Å². The summed E-state index contributed by atoms with van der Waals surface area (Å²) >= 11 is 0. The lowest BCUT2D eigenvalue weighted by molar-refractivity contribution is -0.137.